The van der Waals surface area contributed by atoms with Crippen molar-refractivity contribution in [2.75, 3.05) is 13.1 Å². The van der Waals surface area contributed by atoms with E-state index in [1.54, 1.807) is 0 Å². The number of aromatic nitrogens is 2. The molecule has 3 aromatic carbocycles. The third-order valence-corrected chi connectivity index (χ3v) is 6.82. The van der Waals surface area contributed by atoms with Crippen LogP contribution in [0.15, 0.2) is 89.3 Å². The summed E-state index contributed by atoms with van der Waals surface area (Å²) in [4.78, 5) is 19.8. The average molecular weight is 466 g/mol. The highest BCUT2D eigenvalue weighted by atomic mass is 16.5. The number of piperidine rings is 1. The van der Waals surface area contributed by atoms with E-state index in [9.17, 15) is 4.79 Å². The Labute approximate surface area is 203 Å². The smallest absolute Gasteiger partial charge is 0.289 e. The Kier molecular flexibility index (Phi) is 5.70. The zero-order valence-electron chi connectivity index (χ0n) is 19.5. The van der Waals surface area contributed by atoms with Crippen molar-refractivity contribution in [2.45, 2.75) is 26.0 Å². The van der Waals surface area contributed by atoms with Crippen molar-refractivity contribution in [2.24, 2.45) is 5.92 Å². The van der Waals surface area contributed by atoms with Gasteiger partial charge in [-0.25, -0.2) is 4.98 Å². The number of nitrogens with zero attached hydrogens (tertiary/aromatic N) is 3. The predicted octanol–water partition coefficient (Wildman–Crippen LogP) is 5.91. The highest BCUT2D eigenvalue weighted by Gasteiger charge is 2.27. The number of hydrogen-bond donors (Lipinski definition) is 0. The van der Waals surface area contributed by atoms with Gasteiger partial charge in [-0.15, -0.1) is 0 Å². The van der Waals surface area contributed by atoms with E-state index in [1.165, 1.54) is 0 Å². The van der Waals surface area contributed by atoms with E-state index in [1.807, 2.05) is 77.7 Å². The fourth-order valence-electron chi connectivity index (χ4n) is 4.92. The number of likely N-dealkylation sites (tertiary alicyclic amines) is 1. The summed E-state index contributed by atoms with van der Waals surface area (Å²) >= 11 is 0. The lowest BCUT2D eigenvalue weighted by atomic mass is 9.96. The van der Waals surface area contributed by atoms with Crippen molar-refractivity contribution in [3.63, 3.8) is 0 Å². The number of fused-ring (bicyclic) bond motifs is 2. The number of ether oxygens (including phenoxy) is 1. The van der Waals surface area contributed by atoms with Gasteiger partial charge in [0.05, 0.1) is 11.0 Å². The minimum absolute atomic E-state index is 0.0234. The summed E-state index contributed by atoms with van der Waals surface area (Å²) in [6, 6.07) is 27.7. The molecule has 0 atom stereocenters. The maximum atomic E-state index is 13.0. The highest BCUT2D eigenvalue weighted by Crippen LogP contribution is 2.26. The lowest BCUT2D eigenvalue weighted by Crippen LogP contribution is -2.39. The Hall–Kier alpha value is -4.06. The molecule has 2 aromatic heterocycles. The summed E-state index contributed by atoms with van der Waals surface area (Å²) in [5.41, 5.74) is 2.86. The van der Waals surface area contributed by atoms with Crippen LogP contribution in [0.3, 0.4) is 0 Å². The number of rotatable bonds is 6. The van der Waals surface area contributed by atoms with Crippen LogP contribution in [0.1, 0.15) is 29.2 Å². The second-order valence-corrected chi connectivity index (χ2v) is 9.11. The minimum Gasteiger partial charge on any atom is -0.486 e. The summed E-state index contributed by atoms with van der Waals surface area (Å²) in [6.07, 6.45) is 1.88. The van der Waals surface area contributed by atoms with Crippen LogP contribution in [0.25, 0.3) is 22.0 Å². The van der Waals surface area contributed by atoms with Crippen LogP contribution in [-0.2, 0) is 13.2 Å². The largest absolute Gasteiger partial charge is 0.486 e. The molecule has 176 valence electrons. The van der Waals surface area contributed by atoms with Gasteiger partial charge in [-0.1, -0.05) is 48.5 Å². The standard InChI is InChI=1S/C29H27N3O3/c33-29(27-18-22-8-4-7-13-26(22)35-27)31-16-14-21(15-17-31)19-32-25-12-6-5-11-24(25)30-28(32)20-34-23-9-2-1-3-10-23/h1-13,18,21H,14-17,19-20H2. The van der Waals surface area contributed by atoms with Gasteiger partial charge in [-0.2, -0.15) is 0 Å². The summed E-state index contributed by atoms with van der Waals surface area (Å²) in [6.45, 7) is 2.73. The molecule has 0 saturated carbocycles. The van der Waals surface area contributed by atoms with Crippen LogP contribution in [0.4, 0.5) is 0 Å². The Morgan fingerprint density at radius 2 is 1.69 bits per heavy atom. The van der Waals surface area contributed by atoms with E-state index < -0.39 is 0 Å². The molecular formula is C29H27N3O3. The molecule has 0 aliphatic carbocycles. The first kappa shape index (κ1) is 21.5. The fraction of sp³-hybridized carbons (Fsp3) is 0.241. The lowest BCUT2D eigenvalue weighted by Gasteiger charge is -2.32. The van der Waals surface area contributed by atoms with Crippen molar-refractivity contribution in [3.8, 4) is 5.75 Å². The Bertz CT molecular complexity index is 1430. The van der Waals surface area contributed by atoms with E-state index in [0.717, 1.165) is 66.1 Å². The topological polar surface area (TPSA) is 60.5 Å². The number of imidazole rings is 1. The molecule has 6 heteroatoms. The van der Waals surface area contributed by atoms with Crippen molar-refractivity contribution >= 4 is 27.9 Å². The molecule has 0 radical (unpaired) electrons. The monoisotopic (exact) mass is 465 g/mol. The fourth-order valence-corrected chi connectivity index (χ4v) is 4.92. The van der Waals surface area contributed by atoms with E-state index in [-0.39, 0.29) is 5.91 Å². The molecule has 3 heterocycles. The Morgan fingerprint density at radius 3 is 2.51 bits per heavy atom. The Balaban J connectivity index is 1.15. The number of benzene rings is 3. The molecule has 1 fully saturated rings. The minimum atomic E-state index is -0.0234. The summed E-state index contributed by atoms with van der Waals surface area (Å²) in [5.74, 6) is 2.62. The second-order valence-electron chi connectivity index (χ2n) is 9.11. The SMILES string of the molecule is O=C(c1cc2ccccc2o1)N1CCC(Cn2c(COc3ccccc3)nc3ccccc32)CC1. The van der Waals surface area contributed by atoms with Crippen LogP contribution in [-0.4, -0.2) is 33.4 Å². The zero-order valence-corrected chi connectivity index (χ0v) is 19.5. The number of furan rings is 1. The molecule has 6 rings (SSSR count). The van der Waals surface area contributed by atoms with Gasteiger partial charge in [-0.05, 0) is 55.2 Å². The van der Waals surface area contributed by atoms with Crippen LogP contribution in [0, 0.1) is 5.92 Å². The first-order chi connectivity index (χ1) is 17.2. The maximum Gasteiger partial charge on any atom is 0.289 e. The van der Waals surface area contributed by atoms with Gasteiger partial charge >= 0.3 is 0 Å². The van der Waals surface area contributed by atoms with E-state index >= 15 is 0 Å². The van der Waals surface area contributed by atoms with Gasteiger partial charge in [0, 0.05) is 25.0 Å². The number of hydrogen-bond acceptors (Lipinski definition) is 4. The normalized spacial score (nSPS) is 14.6. The van der Waals surface area contributed by atoms with Gasteiger partial charge in [-0.3, -0.25) is 4.79 Å². The molecule has 1 amide bonds. The molecule has 1 aliphatic rings. The number of amides is 1. The van der Waals surface area contributed by atoms with E-state index in [0.29, 0.717) is 18.3 Å². The van der Waals surface area contributed by atoms with E-state index in [4.69, 9.17) is 14.1 Å². The second kappa shape index (κ2) is 9.29. The average Bonchev–Trinajstić information content (AvgIpc) is 3.50. The summed E-state index contributed by atoms with van der Waals surface area (Å²) in [5, 5.41) is 0.961. The molecular weight excluding hydrogens is 438 g/mol. The third-order valence-electron chi connectivity index (χ3n) is 6.82. The molecule has 5 aromatic rings. The van der Waals surface area contributed by atoms with Crippen molar-refractivity contribution < 1.29 is 13.9 Å². The molecule has 0 unspecified atom stereocenters. The lowest BCUT2D eigenvalue weighted by molar-refractivity contribution is 0.0653. The van der Waals surface area contributed by atoms with Gasteiger partial charge in [0.1, 0.15) is 23.8 Å². The molecule has 6 nitrogen and oxygen atoms in total. The van der Waals surface area contributed by atoms with E-state index in [2.05, 4.69) is 16.7 Å². The molecule has 0 bridgehead atoms. The van der Waals surface area contributed by atoms with Gasteiger partial charge < -0.3 is 18.6 Å². The molecule has 1 aliphatic heterocycles. The summed E-state index contributed by atoms with van der Waals surface area (Å²) in [7, 11) is 0. The third kappa shape index (κ3) is 4.39. The molecule has 0 spiro atoms. The predicted molar refractivity (Wildman–Crippen MR) is 135 cm³/mol. The maximum absolute atomic E-state index is 13.0. The van der Waals surface area contributed by atoms with Gasteiger partial charge in [0.15, 0.2) is 5.76 Å². The zero-order chi connectivity index (χ0) is 23.6. The number of carbonyl (C=O) groups is 1. The molecule has 1 saturated heterocycles. The number of carbonyl (C=O) groups excluding carboxylic acids is 1. The van der Waals surface area contributed by atoms with Crippen molar-refractivity contribution in [1.82, 2.24) is 14.5 Å². The first-order valence-electron chi connectivity index (χ1n) is 12.1. The van der Waals surface area contributed by atoms with Crippen LogP contribution in [0.2, 0.25) is 0 Å². The van der Waals surface area contributed by atoms with Crippen molar-refractivity contribution in [1.29, 1.82) is 0 Å². The highest BCUT2D eigenvalue weighted by molar-refractivity contribution is 5.96. The van der Waals surface area contributed by atoms with Gasteiger partial charge in [0.2, 0.25) is 0 Å². The van der Waals surface area contributed by atoms with Crippen LogP contribution >= 0.6 is 0 Å². The first-order valence-corrected chi connectivity index (χ1v) is 12.1. The molecule has 0 N–H and O–H groups in total. The van der Waals surface area contributed by atoms with Crippen molar-refractivity contribution in [3.05, 3.63) is 96.5 Å². The van der Waals surface area contributed by atoms with Gasteiger partial charge in [0.25, 0.3) is 5.91 Å². The van der Waals surface area contributed by atoms with Crippen LogP contribution in [0.5, 0.6) is 5.75 Å². The Morgan fingerprint density at radius 1 is 0.943 bits per heavy atom. The number of para-hydroxylation sites is 4. The molecule has 35 heavy (non-hydrogen) atoms. The summed E-state index contributed by atoms with van der Waals surface area (Å²) < 4.78 is 14.1. The van der Waals surface area contributed by atoms with Crippen LogP contribution < -0.4 is 4.74 Å². The quantitative estimate of drug-likeness (QED) is 0.313.